The zero-order valence-electron chi connectivity index (χ0n) is 4.80. The van der Waals surface area contributed by atoms with Gasteiger partial charge in [0.15, 0.2) is 0 Å². The van der Waals surface area contributed by atoms with Gasteiger partial charge in [0.25, 0.3) is 0 Å². The Balaban J connectivity index is 0. The predicted octanol–water partition coefficient (Wildman–Crippen LogP) is 0.174. The molecule has 0 atom stereocenters. The Bertz CT molecular complexity index is 55.4. The van der Waals surface area contributed by atoms with Crippen molar-refractivity contribution in [3.05, 3.63) is 0 Å². The summed E-state index contributed by atoms with van der Waals surface area (Å²) in [5, 5.41) is 0. The molecule has 0 bridgehead atoms. The first kappa shape index (κ1) is 11.4. The Morgan fingerprint density at radius 3 is 1.62 bits per heavy atom. The average molecular weight is 140 g/mol. The van der Waals surface area contributed by atoms with Gasteiger partial charge in [-0.2, -0.15) is 0 Å². The van der Waals surface area contributed by atoms with Crippen LogP contribution in [0.4, 0.5) is 0 Å². The molecule has 2 nitrogen and oxygen atoms in total. The van der Waals surface area contributed by atoms with Crippen LogP contribution in [-0.2, 0) is 9.59 Å². The molecule has 0 aliphatic carbocycles. The van der Waals surface area contributed by atoms with Crippen LogP contribution in [0.2, 0.25) is 0 Å². The number of hydrogen-bond donors (Lipinski definition) is 0. The SMILES string of the molecule is O=CCCCC=O.[Ca]. The number of rotatable bonds is 4. The summed E-state index contributed by atoms with van der Waals surface area (Å²) in [6.45, 7) is 0. The summed E-state index contributed by atoms with van der Waals surface area (Å²) in [4.78, 5) is 19.1. The minimum atomic E-state index is 0. The molecule has 0 spiro atoms. The standard InChI is InChI=1S/C5H8O2.Ca/c6-4-2-1-3-5-7;/h4-5H,1-3H2;. The molecule has 0 aliphatic heterocycles. The van der Waals surface area contributed by atoms with Crippen molar-refractivity contribution in [2.45, 2.75) is 19.3 Å². The Morgan fingerprint density at radius 2 is 1.38 bits per heavy atom. The normalized spacial score (nSPS) is 7.00. The molecule has 0 aliphatic rings. The average Bonchev–Trinajstić information content (AvgIpc) is 1.69. The van der Waals surface area contributed by atoms with Crippen LogP contribution in [0.15, 0.2) is 0 Å². The van der Waals surface area contributed by atoms with Crippen LogP contribution >= 0.6 is 0 Å². The molecule has 3 heteroatoms. The maximum atomic E-state index is 9.56. The van der Waals surface area contributed by atoms with E-state index in [9.17, 15) is 9.59 Å². The third kappa shape index (κ3) is 9.78. The van der Waals surface area contributed by atoms with Gasteiger partial charge in [0.1, 0.15) is 12.6 Å². The molecular formula is C5H8CaO2. The Morgan fingerprint density at radius 1 is 1.00 bits per heavy atom. The van der Waals surface area contributed by atoms with E-state index in [-0.39, 0.29) is 37.7 Å². The summed E-state index contributed by atoms with van der Waals surface area (Å²) in [7, 11) is 0. The molecule has 8 heavy (non-hydrogen) atoms. The monoisotopic (exact) mass is 140 g/mol. The van der Waals surface area contributed by atoms with E-state index in [1.54, 1.807) is 0 Å². The van der Waals surface area contributed by atoms with Gasteiger partial charge in [-0.05, 0) is 6.42 Å². The van der Waals surface area contributed by atoms with Crippen molar-refractivity contribution < 1.29 is 9.59 Å². The minimum absolute atomic E-state index is 0. The molecule has 0 rings (SSSR count). The van der Waals surface area contributed by atoms with Crippen molar-refractivity contribution in [2.75, 3.05) is 0 Å². The molecule has 0 unspecified atom stereocenters. The fourth-order valence-corrected chi connectivity index (χ4v) is 0.285. The smallest absolute Gasteiger partial charge is 0.120 e. The molecule has 2 radical (unpaired) electrons. The fourth-order valence-electron chi connectivity index (χ4n) is 0.285. The van der Waals surface area contributed by atoms with Crippen molar-refractivity contribution >= 4 is 50.3 Å². The Labute approximate surface area is 78.6 Å². The topological polar surface area (TPSA) is 34.1 Å². The second-order valence-electron chi connectivity index (χ2n) is 1.26. The molecule has 0 amide bonds. The van der Waals surface area contributed by atoms with E-state index in [0.29, 0.717) is 19.3 Å². The fraction of sp³-hybridized carbons (Fsp3) is 0.600. The van der Waals surface area contributed by atoms with Crippen LogP contribution in [0, 0.1) is 0 Å². The van der Waals surface area contributed by atoms with Crippen LogP contribution in [-0.4, -0.2) is 50.3 Å². The molecule has 42 valence electrons. The van der Waals surface area contributed by atoms with Gasteiger partial charge in [-0.25, -0.2) is 0 Å². The molecule has 0 fully saturated rings. The van der Waals surface area contributed by atoms with Gasteiger partial charge in [0.2, 0.25) is 0 Å². The molecule has 0 aromatic carbocycles. The number of carbonyl (C=O) groups is 2. The van der Waals surface area contributed by atoms with Crippen molar-refractivity contribution in [2.24, 2.45) is 0 Å². The first-order chi connectivity index (χ1) is 3.41. The Kier molecular flexibility index (Phi) is 15.0. The number of aldehydes is 2. The van der Waals surface area contributed by atoms with Crippen molar-refractivity contribution in [1.29, 1.82) is 0 Å². The van der Waals surface area contributed by atoms with Crippen molar-refractivity contribution in [1.82, 2.24) is 0 Å². The summed E-state index contributed by atoms with van der Waals surface area (Å²) in [6.07, 6.45) is 3.37. The molecular weight excluding hydrogens is 132 g/mol. The quantitative estimate of drug-likeness (QED) is 0.317. The summed E-state index contributed by atoms with van der Waals surface area (Å²) in [6, 6.07) is 0. The first-order valence-electron chi connectivity index (χ1n) is 2.29. The number of hydrogen-bond acceptors (Lipinski definition) is 2. The van der Waals surface area contributed by atoms with Gasteiger partial charge in [-0.15, -0.1) is 0 Å². The maximum absolute atomic E-state index is 9.56. The van der Waals surface area contributed by atoms with Gasteiger partial charge in [-0.3, -0.25) is 0 Å². The maximum Gasteiger partial charge on any atom is 0.120 e. The second kappa shape index (κ2) is 10.6. The largest absolute Gasteiger partial charge is 0.303 e. The zero-order chi connectivity index (χ0) is 5.54. The van der Waals surface area contributed by atoms with Gasteiger partial charge in [0.05, 0.1) is 0 Å². The zero-order valence-corrected chi connectivity index (χ0v) is 7.01. The van der Waals surface area contributed by atoms with E-state index >= 15 is 0 Å². The van der Waals surface area contributed by atoms with Crippen LogP contribution in [0.1, 0.15) is 19.3 Å². The first-order valence-corrected chi connectivity index (χ1v) is 2.29. The van der Waals surface area contributed by atoms with Crippen LogP contribution in [0.5, 0.6) is 0 Å². The summed E-state index contributed by atoms with van der Waals surface area (Å²) >= 11 is 0. The Hall–Kier alpha value is 0.600. The van der Waals surface area contributed by atoms with E-state index in [1.807, 2.05) is 0 Å². The number of carbonyl (C=O) groups excluding carboxylic acids is 2. The van der Waals surface area contributed by atoms with Gasteiger partial charge in [0, 0.05) is 50.6 Å². The molecule has 0 saturated carbocycles. The van der Waals surface area contributed by atoms with E-state index < -0.39 is 0 Å². The van der Waals surface area contributed by atoms with Crippen molar-refractivity contribution in [3.8, 4) is 0 Å². The summed E-state index contributed by atoms with van der Waals surface area (Å²) in [5.41, 5.74) is 0. The van der Waals surface area contributed by atoms with Crippen molar-refractivity contribution in [3.63, 3.8) is 0 Å². The van der Waals surface area contributed by atoms with Crippen LogP contribution < -0.4 is 0 Å². The van der Waals surface area contributed by atoms with E-state index in [0.717, 1.165) is 12.6 Å². The van der Waals surface area contributed by atoms with Gasteiger partial charge in [-0.1, -0.05) is 0 Å². The molecule has 0 heterocycles. The van der Waals surface area contributed by atoms with Crippen LogP contribution in [0.3, 0.4) is 0 Å². The molecule has 0 saturated heterocycles. The van der Waals surface area contributed by atoms with Gasteiger partial charge < -0.3 is 9.59 Å². The van der Waals surface area contributed by atoms with E-state index in [2.05, 4.69) is 0 Å². The van der Waals surface area contributed by atoms with E-state index in [1.165, 1.54) is 0 Å². The molecule has 0 aromatic heterocycles. The number of unbranched alkanes of at least 4 members (excludes halogenated alkanes) is 2. The van der Waals surface area contributed by atoms with Crippen LogP contribution in [0.25, 0.3) is 0 Å². The summed E-state index contributed by atoms with van der Waals surface area (Å²) < 4.78 is 0. The van der Waals surface area contributed by atoms with E-state index in [4.69, 9.17) is 0 Å². The predicted molar refractivity (Wildman–Crippen MR) is 31.7 cm³/mol. The third-order valence-electron chi connectivity index (χ3n) is 0.644. The second-order valence-corrected chi connectivity index (χ2v) is 1.26. The molecule has 0 N–H and O–H groups in total. The third-order valence-corrected chi connectivity index (χ3v) is 0.644. The summed E-state index contributed by atoms with van der Waals surface area (Å²) in [5.74, 6) is 0. The van der Waals surface area contributed by atoms with Gasteiger partial charge >= 0.3 is 0 Å². The minimum Gasteiger partial charge on any atom is -0.303 e. The molecule has 0 aromatic rings.